The Hall–Kier alpha value is -2.46. The van der Waals surface area contributed by atoms with E-state index >= 15 is 0 Å². The van der Waals surface area contributed by atoms with Crippen molar-refractivity contribution >= 4 is 51.7 Å². The fourth-order valence-corrected chi connectivity index (χ4v) is 3.66. The minimum absolute atomic E-state index is 0.105. The van der Waals surface area contributed by atoms with Crippen LogP contribution in [0.3, 0.4) is 0 Å². The average Bonchev–Trinajstić information content (AvgIpc) is 3.07. The number of anilines is 2. The molecular formula is C18H22N4O4S2. The lowest BCUT2D eigenvalue weighted by molar-refractivity contribution is -0.117. The van der Waals surface area contributed by atoms with Crippen molar-refractivity contribution in [2.75, 3.05) is 23.0 Å². The summed E-state index contributed by atoms with van der Waals surface area (Å²) in [5.74, 6) is -0.310. The normalized spacial score (nSPS) is 10.6. The van der Waals surface area contributed by atoms with Crippen LogP contribution in [0.25, 0.3) is 0 Å². The van der Waals surface area contributed by atoms with Crippen LogP contribution in [0.4, 0.5) is 10.8 Å². The van der Waals surface area contributed by atoms with Crippen molar-refractivity contribution in [2.45, 2.75) is 31.5 Å². The van der Waals surface area contributed by atoms with E-state index in [0.717, 1.165) is 0 Å². The Morgan fingerprint density at radius 1 is 1.11 bits per heavy atom. The van der Waals surface area contributed by atoms with Gasteiger partial charge in [0.05, 0.1) is 17.9 Å². The third kappa shape index (κ3) is 7.28. The molecule has 1 heterocycles. The summed E-state index contributed by atoms with van der Waals surface area (Å²) < 4.78 is 5.50. The topological polar surface area (TPSA) is 110 Å². The molecule has 28 heavy (non-hydrogen) atoms. The summed E-state index contributed by atoms with van der Waals surface area (Å²) in [6.07, 6.45) is 0.416. The molecule has 0 radical (unpaired) electrons. The van der Waals surface area contributed by atoms with E-state index in [1.54, 1.807) is 31.2 Å². The molecule has 0 aliphatic carbocycles. The molecule has 0 aliphatic rings. The number of hydrogen-bond donors (Lipinski definition) is 2. The van der Waals surface area contributed by atoms with Crippen LogP contribution >= 0.6 is 23.1 Å². The molecule has 0 unspecified atom stereocenters. The number of thioether (sulfide) groups is 1. The monoisotopic (exact) mass is 422 g/mol. The van der Waals surface area contributed by atoms with E-state index in [9.17, 15) is 14.4 Å². The van der Waals surface area contributed by atoms with Crippen LogP contribution in [0.15, 0.2) is 28.6 Å². The maximum Gasteiger partial charge on any atom is 0.338 e. The summed E-state index contributed by atoms with van der Waals surface area (Å²) in [4.78, 5) is 35.4. The third-order valence-electron chi connectivity index (χ3n) is 3.25. The van der Waals surface area contributed by atoms with Crippen molar-refractivity contribution in [3.8, 4) is 0 Å². The van der Waals surface area contributed by atoms with Gasteiger partial charge in [-0.2, -0.15) is 0 Å². The zero-order valence-electron chi connectivity index (χ0n) is 15.9. The lowest BCUT2D eigenvalue weighted by atomic mass is 10.1. The van der Waals surface area contributed by atoms with Gasteiger partial charge >= 0.3 is 5.97 Å². The molecule has 0 spiro atoms. The van der Waals surface area contributed by atoms with E-state index in [4.69, 9.17) is 4.74 Å². The average molecular weight is 423 g/mol. The number of nitrogens with one attached hydrogen (secondary N) is 2. The van der Waals surface area contributed by atoms with Crippen LogP contribution in [0.5, 0.6) is 0 Å². The Kier molecular flexibility index (Phi) is 8.40. The lowest BCUT2D eigenvalue weighted by Crippen LogP contribution is -2.14. The van der Waals surface area contributed by atoms with E-state index in [1.807, 2.05) is 13.8 Å². The fourth-order valence-electron chi connectivity index (χ4n) is 2.09. The van der Waals surface area contributed by atoms with Crippen molar-refractivity contribution < 1.29 is 19.1 Å². The number of aromatic nitrogens is 2. The molecule has 0 saturated heterocycles. The van der Waals surface area contributed by atoms with E-state index in [0.29, 0.717) is 33.7 Å². The molecule has 8 nitrogen and oxygen atoms in total. The summed E-state index contributed by atoms with van der Waals surface area (Å²) in [6.45, 7) is 5.97. The van der Waals surface area contributed by atoms with Crippen molar-refractivity contribution in [1.29, 1.82) is 0 Å². The summed E-state index contributed by atoms with van der Waals surface area (Å²) in [6, 6.07) is 6.47. The van der Waals surface area contributed by atoms with E-state index in [-0.39, 0.29) is 23.5 Å². The second-order valence-corrected chi connectivity index (χ2v) is 8.35. The van der Waals surface area contributed by atoms with Gasteiger partial charge in [0.2, 0.25) is 16.9 Å². The first-order valence-corrected chi connectivity index (χ1v) is 10.5. The number of nitrogens with zero attached hydrogens (tertiary/aromatic N) is 2. The van der Waals surface area contributed by atoms with E-state index < -0.39 is 5.97 Å². The molecule has 150 valence electrons. The van der Waals surface area contributed by atoms with Crippen LogP contribution in [0, 0.1) is 5.92 Å². The number of benzene rings is 1. The molecule has 10 heteroatoms. The van der Waals surface area contributed by atoms with Crippen LogP contribution in [0.1, 0.15) is 37.6 Å². The number of ether oxygens (including phenoxy) is 1. The lowest BCUT2D eigenvalue weighted by Gasteiger charge is -2.06. The second-order valence-electron chi connectivity index (χ2n) is 6.15. The van der Waals surface area contributed by atoms with Crippen molar-refractivity contribution in [3.63, 3.8) is 0 Å². The Morgan fingerprint density at radius 3 is 2.46 bits per heavy atom. The fraction of sp³-hybridized carbons (Fsp3) is 0.389. The SMILES string of the molecule is CCOC(=O)c1ccc(NC(=O)CSc2nnc(NC(=O)CC(C)C)s2)cc1. The second kappa shape index (κ2) is 10.8. The van der Waals surface area contributed by atoms with Crippen LogP contribution < -0.4 is 10.6 Å². The maximum absolute atomic E-state index is 12.1. The Labute approximate surface area is 171 Å². The van der Waals surface area contributed by atoms with Gasteiger partial charge in [-0.3, -0.25) is 9.59 Å². The van der Waals surface area contributed by atoms with Gasteiger partial charge < -0.3 is 15.4 Å². The largest absolute Gasteiger partial charge is 0.462 e. The predicted molar refractivity (Wildman–Crippen MR) is 110 cm³/mol. The Balaban J connectivity index is 1.79. The number of hydrogen-bond acceptors (Lipinski definition) is 8. The zero-order valence-corrected chi connectivity index (χ0v) is 17.5. The minimum atomic E-state index is -0.400. The number of esters is 1. The molecule has 2 aromatic rings. The van der Waals surface area contributed by atoms with E-state index in [1.165, 1.54) is 23.1 Å². The molecule has 2 amide bonds. The zero-order chi connectivity index (χ0) is 20.5. The molecule has 0 aliphatic heterocycles. The van der Waals surface area contributed by atoms with Gasteiger partial charge in [-0.25, -0.2) is 4.79 Å². The smallest absolute Gasteiger partial charge is 0.338 e. The molecule has 0 bridgehead atoms. The van der Waals surface area contributed by atoms with Crippen LogP contribution in [-0.4, -0.2) is 40.3 Å². The van der Waals surface area contributed by atoms with Gasteiger partial charge in [-0.05, 0) is 37.1 Å². The highest BCUT2D eigenvalue weighted by molar-refractivity contribution is 8.01. The van der Waals surface area contributed by atoms with Crippen molar-refractivity contribution in [2.24, 2.45) is 5.92 Å². The molecule has 2 rings (SSSR count). The summed E-state index contributed by atoms with van der Waals surface area (Å²) in [5, 5.41) is 13.7. The first kappa shape index (κ1) is 21.8. The highest BCUT2D eigenvalue weighted by Gasteiger charge is 2.12. The quantitative estimate of drug-likeness (QED) is 0.362. The highest BCUT2D eigenvalue weighted by Crippen LogP contribution is 2.25. The van der Waals surface area contributed by atoms with Gasteiger partial charge in [0.25, 0.3) is 0 Å². The van der Waals surface area contributed by atoms with Crippen LogP contribution in [0.2, 0.25) is 0 Å². The third-order valence-corrected chi connectivity index (χ3v) is 5.22. The van der Waals surface area contributed by atoms with Crippen molar-refractivity contribution in [1.82, 2.24) is 10.2 Å². The molecule has 0 atom stereocenters. The molecule has 0 fully saturated rings. The van der Waals surface area contributed by atoms with Gasteiger partial charge in [0, 0.05) is 12.1 Å². The molecule has 1 aromatic heterocycles. The van der Waals surface area contributed by atoms with Gasteiger partial charge in [0.15, 0.2) is 4.34 Å². The number of carbonyl (C=O) groups is 3. The van der Waals surface area contributed by atoms with Crippen LogP contribution in [-0.2, 0) is 14.3 Å². The van der Waals surface area contributed by atoms with Gasteiger partial charge in [-0.15, -0.1) is 10.2 Å². The van der Waals surface area contributed by atoms with Gasteiger partial charge in [-0.1, -0.05) is 36.9 Å². The Morgan fingerprint density at radius 2 is 1.82 bits per heavy atom. The molecule has 2 N–H and O–H groups in total. The molecule has 0 saturated carbocycles. The summed E-state index contributed by atoms with van der Waals surface area (Å²) in [5.41, 5.74) is 1.01. The number of carbonyl (C=O) groups excluding carboxylic acids is 3. The maximum atomic E-state index is 12.1. The predicted octanol–water partition coefficient (Wildman–Crippen LogP) is 3.43. The summed E-state index contributed by atoms with van der Waals surface area (Å²) >= 11 is 2.46. The number of amides is 2. The molecular weight excluding hydrogens is 400 g/mol. The van der Waals surface area contributed by atoms with E-state index in [2.05, 4.69) is 20.8 Å². The first-order chi connectivity index (χ1) is 13.4. The number of rotatable bonds is 9. The van der Waals surface area contributed by atoms with Gasteiger partial charge in [0.1, 0.15) is 0 Å². The summed E-state index contributed by atoms with van der Waals surface area (Å²) in [7, 11) is 0. The minimum Gasteiger partial charge on any atom is -0.462 e. The Bertz CT molecular complexity index is 821. The highest BCUT2D eigenvalue weighted by atomic mass is 32.2. The van der Waals surface area contributed by atoms with Crippen molar-refractivity contribution in [3.05, 3.63) is 29.8 Å². The first-order valence-electron chi connectivity index (χ1n) is 8.70. The standard InChI is InChI=1S/C18H22N4O4S2/c1-4-26-16(25)12-5-7-13(8-6-12)19-15(24)10-27-18-22-21-17(28-18)20-14(23)9-11(2)3/h5-8,11H,4,9-10H2,1-3H3,(H,19,24)(H,20,21,23). The molecule has 1 aromatic carbocycles.